The van der Waals surface area contributed by atoms with Gasteiger partial charge in [0.1, 0.15) is 0 Å². The van der Waals surface area contributed by atoms with Crippen LogP contribution in [0.4, 0.5) is 5.95 Å². The third kappa shape index (κ3) is 4.60. The van der Waals surface area contributed by atoms with E-state index in [1.807, 2.05) is 19.2 Å². The first-order valence-electron chi connectivity index (χ1n) is 10.7. The molecule has 3 aromatic rings. The number of benzene rings is 2. The van der Waals surface area contributed by atoms with Crippen molar-refractivity contribution in [3.8, 4) is 11.3 Å². The number of carbonyl (C=O) groups excluding carboxylic acids is 1. The number of hydrogen-bond acceptors (Lipinski definition) is 5. The molecular weight excluding hydrogens is 374 g/mol. The van der Waals surface area contributed by atoms with Gasteiger partial charge in [-0.3, -0.25) is 9.69 Å². The first-order valence-corrected chi connectivity index (χ1v) is 10.7. The Bertz CT molecular complexity index is 1020. The molecule has 0 saturated carbocycles. The summed E-state index contributed by atoms with van der Waals surface area (Å²) in [5.41, 5.74) is 2.06. The Labute approximate surface area is 177 Å². The lowest BCUT2D eigenvalue weighted by Crippen LogP contribution is -2.40. The summed E-state index contributed by atoms with van der Waals surface area (Å²) in [4.78, 5) is 25.4. The van der Waals surface area contributed by atoms with Gasteiger partial charge in [-0.1, -0.05) is 43.3 Å². The summed E-state index contributed by atoms with van der Waals surface area (Å²) in [7, 11) is 2.12. The van der Waals surface area contributed by atoms with Crippen molar-refractivity contribution in [3.63, 3.8) is 0 Å². The van der Waals surface area contributed by atoms with Crippen molar-refractivity contribution in [2.24, 2.45) is 0 Å². The van der Waals surface area contributed by atoms with Gasteiger partial charge in [0.15, 0.2) is 0 Å². The van der Waals surface area contributed by atoms with Crippen LogP contribution in [-0.2, 0) is 4.79 Å². The number of fused-ring (bicyclic) bond motifs is 1. The lowest BCUT2D eigenvalue weighted by Gasteiger charge is -2.24. The smallest absolute Gasteiger partial charge is 0.225 e. The molecule has 0 spiro atoms. The molecule has 1 aromatic heterocycles. The van der Waals surface area contributed by atoms with Gasteiger partial charge in [0, 0.05) is 50.4 Å². The minimum Gasteiger partial charge on any atom is -0.355 e. The third-order valence-electron chi connectivity index (χ3n) is 5.87. The zero-order chi connectivity index (χ0) is 20.9. The number of anilines is 1. The highest BCUT2D eigenvalue weighted by molar-refractivity contribution is 5.86. The number of aromatic nitrogens is 2. The molecule has 0 bridgehead atoms. The van der Waals surface area contributed by atoms with E-state index in [2.05, 4.69) is 69.6 Å². The van der Waals surface area contributed by atoms with E-state index in [4.69, 9.17) is 4.98 Å². The van der Waals surface area contributed by atoms with Gasteiger partial charge in [0.25, 0.3) is 0 Å². The van der Waals surface area contributed by atoms with Crippen LogP contribution in [0.25, 0.3) is 22.0 Å². The number of nitrogens with one attached hydrogen (secondary N) is 1. The van der Waals surface area contributed by atoms with Crippen LogP contribution in [0.5, 0.6) is 0 Å². The predicted molar refractivity (Wildman–Crippen MR) is 122 cm³/mol. The summed E-state index contributed by atoms with van der Waals surface area (Å²) in [5.74, 6) is 0.895. The maximum atomic E-state index is 11.4. The van der Waals surface area contributed by atoms with Gasteiger partial charge in [-0.25, -0.2) is 9.97 Å². The minimum atomic E-state index is 0.107. The van der Waals surface area contributed by atoms with Crippen LogP contribution in [0, 0.1) is 0 Å². The summed E-state index contributed by atoms with van der Waals surface area (Å²) in [6, 6.07) is 17.2. The Morgan fingerprint density at radius 1 is 1.20 bits per heavy atom. The molecule has 1 N–H and O–H groups in total. The Balaban J connectivity index is 1.42. The van der Waals surface area contributed by atoms with Crippen LogP contribution in [0.1, 0.15) is 19.8 Å². The standard InChI is InChI=1S/C24H29N5O/c1-3-23(30)25-13-15-28(2)21-11-14-29(17-21)24-26-12-10-22(27-24)20-9-8-18-6-4-5-7-19(18)16-20/h4-10,12,16,21H,3,11,13-15,17H2,1-2H3,(H,25,30). The molecule has 156 valence electrons. The first kappa shape index (κ1) is 20.3. The van der Waals surface area contributed by atoms with E-state index in [1.54, 1.807) is 0 Å². The van der Waals surface area contributed by atoms with Gasteiger partial charge < -0.3 is 10.2 Å². The molecule has 1 fully saturated rings. The average molecular weight is 404 g/mol. The van der Waals surface area contributed by atoms with Crippen molar-refractivity contribution in [1.82, 2.24) is 20.2 Å². The molecule has 0 aliphatic carbocycles. The fourth-order valence-electron chi connectivity index (χ4n) is 3.97. The maximum absolute atomic E-state index is 11.4. The van der Waals surface area contributed by atoms with Crippen molar-refractivity contribution >= 4 is 22.6 Å². The van der Waals surface area contributed by atoms with Gasteiger partial charge in [-0.15, -0.1) is 0 Å². The molecule has 1 saturated heterocycles. The van der Waals surface area contributed by atoms with Crippen molar-refractivity contribution in [1.29, 1.82) is 0 Å². The monoisotopic (exact) mass is 403 g/mol. The molecule has 2 heterocycles. The van der Waals surface area contributed by atoms with E-state index in [0.29, 0.717) is 19.0 Å². The van der Waals surface area contributed by atoms with E-state index in [-0.39, 0.29) is 5.91 Å². The lowest BCUT2D eigenvalue weighted by molar-refractivity contribution is -0.120. The Morgan fingerprint density at radius 3 is 2.87 bits per heavy atom. The molecule has 1 atom stereocenters. The summed E-state index contributed by atoms with van der Waals surface area (Å²) in [5, 5.41) is 5.40. The summed E-state index contributed by atoms with van der Waals surface area (Å²) in [6.45, 7) is 5.26. The van der Waals surface area contributed by atoms with Gasteiger partial charge in [-0.2, -0.15) is 0 Å². The van der Waals surface area contributed by atoms with E-state index in [1.165, 1.54) is 10.8 Å². The number of carbonyl (C=O) groups is 1. The highest BCUT2D eigenvalue weighted by Crippen LogP contribution is 2.25. The van der Waals surface area contributed by atoms with Crippen LogP contribution >= 0.6 is 0 Å². The molecule has 2 aromatic carbocycles. The fourth-order valence-corrected chi connectivity index (χ4v) is 3.97. The van der Waals surface area contributed by atoms with Gasteiger partial charge >= 0.3 is 0 Å². The SMILES string of the molecule is CCC(=O)NCCN(C)C1CCN(c2nccc(-c3ccc4ccccc4c3)n2)C1. The van der Waals surface area contributed by atoms with Crippen molar-refractivity contribution in [3.05, 3.63) is 54.7 Å². The number of amides is 1. The van der Waals surface area contributed by atoms with Crippen molar-refractivity contribution in [2.45, 2.75) is 25.8 Å². The fraction of sp³-hybridized carbons (Fsp3) is 0.375. The highest BCUT2D eigenvalue weighted by atomic mass is 16.1. The highest BCUT2D eigenvalue weighted by Gasteiger charge is 2.27. The normalized spacial score (nSPS) is 16.4. The molecule has 0 radical (unpaired) electrons. The Hall–Kier alpha value is -2.99. The predicted octanol–water partition coefficient (Wildman–Crippen LogP) is 3.33. The molecule has 1 aliphatic heterocycles. The van der Waals surface area contributed by atoms with Crippen LogP contribution in [0.15, 0.2) is 54.7 Å². The second-order valence-electron chi connectivity index (χ2n) is 7.88. The Kier molecular flexibility index (Phi) is 6.23. The Morgan fingerprint density at radius 2 is 2.03 bits per heavy atom. The van der Waals surface area contributed by atoms with Crippen molar-refractivity contribution < 1.29 is 4.79 Å². The largest absolute Gasteiger partial charge is 0.355 e. The van der Waals surface area contributed by atoms with Crippen LogP contribution in [0.2, 0.25) is 0 Å². The molecular formula is C24H29N5O. The molecule has 6 nitrogen and oxygen atoms in total. The van der Waals surface area contributed by atoms with Crippen molar-refractivity contribution in [2.75, 3.05) is 38.1 Å². The number of likely N-dealkylation sites (N-methyl/N-ethyl adjacent to an activating group) is 1. The minimum absolute atomic E-state index is 0.107. The summed E-state index contributed by atoms with van der Waals surface area (Å²) in [6.07, 6.45) is 3.46. The zero-order valence-corrected chi connectivity index (χ0v) is 17.7. The van der Waals surface area contributed by atoms with Gasteiger partial charge in [0.05, 0.1) is 5.69 Å². The van der Waals surface area contributed by atoms with E-state index >= 15 is 0 Å². The van der Waals surface area contributed by atoms with Gasteiger partial charge in [-0.05, 0) is 36.4 Å². The molecule has 30 heavy (non-hydrogen) atoms. The molecule has 4 rings (SSSR count). The zero-order valence-electron chi connectivity index (χ0n) is 17.7. The number of nitrogens with zero attached hydrogens (tertiary/aromatic N) is 4. The third-order valence-corrected chi connectivity index (χ3v) is 5.87. The molecule has 1 amide bonds. The summed E-state index contributed by atoms with van der Waals surface area (Å²) >= 11 is 0. The second kappa shape index (κ2) is 9.22. The van der Waals surface area contributed by atoms with E-state index < -0.39 is 0 Å². The van der Waals surface area contributed by atoms with Crippen LogP contribution in [0.3, 0.4) is 0 Å². The molecule has 6 heteroatoms. The van der Waals surface area contributed by atoms with Crippen LogP contribution in [-0.4, -0.2) is 60.0 Å². The second-order valence-corrected chi connectivity index (χ2v) is 7.88. The van der Waals surface area contributed by atoms with E-state index in [9.17, 15) is 4.79 Å². The maximum Gasteiger partial charge on any atom is 0.225 e. The van der Waals surface area contributed by atoms with E-state index in [0.717, 1.165) is 43.3 Å². The summed E-state index contributed by atoms with van der Waals surface area (Å²) < 4.78 is 0. The molecule has 1 unspecified atom stereocenters. The quantitative estimate of drug-likeness (QED) is 0.656. The lowest BCUT2D eigenvalue weighted by atomic mass is 10.1. The number of rotatable bonds is 7. The van der Waals surface area contributed by atoms with Gasteiger partial charge in [0.2, 0.25) is 11.9 Å². The number of hydrogen-bond donors (Lipinski definition) is 1. The molecule has 1 aliphatic rings. The average Bonchev–Trinajstić information content (AvgIpc) is 3.29. The first-order chi connectivity index (χ1) is 14.6. The topological polar surface area (TPSA) is 61.4 Å². The van der Waals surface area contributed by atoms with Crippen LogP contribution < -0.4 is 10.2 Å².